The Kier molecular flexibility index (Phi) is 3.76. The van der Waals surface area contributed by atoms with Gasteiger partial charge in [0.1, 0.15) is 0 Å². The van der Waals surface area contributed by atoms with Crippen LogP contribution >= 0.6 is 0 Å². The highest BCUT2D eigenvalue weighted by Crippen LogP contribution is 2.20. The number of fused-ring (bicyclic) bond motifs is 1. The summed E-state index contributed by atoms with van der Waals surface area (Å²) in [5, 5.41) is 6.13. The fraction of sp³-hybridized carbons (Fsp3) is 0.438. The Morgan fingerprint density at radius 3 is 3.16 bits per heavy atom. The van der Waals surface area contributed by atoms with Crippen molar-refractivity contribution in [1.29, 1.82) is 0 Å². The highest BCUT2D eigenvalue weighted by atomic mass is 15.1. The first kappa shape index (κ1) is 12.6. The van der Waals surface area contributed by atoms with Crippen molar-refractivity contribution in [3.8, 4) is 0 Å². The zero-order valence-corrected chi connectivity index (χ0v) is 11.5. The molecule has 0 aliphatic carbocycles. The summed E-state index contributed by atoms with van der Waals surface area (Å²) in [7, 11) is 2.21. The number of pyridine rings is 1. The van der Waals surface area contributed by atoms with Crippen LogP contribution < -0.4 is 5.32 Å². The third-order valence-corrected chi connectivity index (χ3v) is 3.93. The fourth-order valence-corrected chi connectivity index (χ4v) is 2.96. The van der Waals surface area contributed by atoms with Crippen molar-refractivity contribution in [2.45, 2.75) is 6.42 Å². The van der Waals surface area contributed by atoms with E-state index in [0.717, 1.165) is 32.6 Å². The van der Waals surface area contributed by atoms with Crippen LogP contribution in [0.5, 0.6) is 0 Å². The molecule has 0 radical (unpaired) electrons. The van der Waals surface area contributed by atoms with E-state index >= 15 is 0 Å². The molecular weight excluding hydrogens is 234 g/mol. The molecule has 100 valence electrons. The molecule has 3 rings (SSSR count). The molecule has 1 aliphatic heterocycles. The number of hydrogen-bond acceptors (Lipinski definition) is 3. The van der Waals surface area contributed by atoms with Gasteiger partial charge in [-0.2, -0.15) is 0 Å². The van der Waals surface area contributed by atoms with Gasteiger partial charge < -0.3 is 10.2 Å². The summed E-state index contributed by atoms with van der Waals surface area (Å²) >= 11 is 0. The van der Waals surface area contributed by atoms with Crippen LogP contribution in [0.25, 0.3) is 10.8 Å². The van der Waals surface area contributed by atoms with Crippen molar-refractivity contribution in [1.82, 2.24) is 15.2 Å². The molecule has 1 aromatic carbocycles. The van der Waals surface area contributed by atoms with Crippen LogP contribution in [0.3, 0.4) is 0 Å². The van der Waals surface area contributed by atoms with Gasteiger partial charge in [-0.3, -0.25) is 4.98 Å². The summed E-state index contributed by atoms with van der Waals surface area (Å²) in [5.74, 6) is 0.667. The number of benzene rings is 1. The first-order chi connectivity index (χ1) is 9.33. The predicted octanol–water partition coefficient (Wildman–Crippen LogP) is 1.93. The van der Waals surface area contributed by atoms with E-state index in [1.807, 2.05) is 12.4 Å². The van der Waals surface area contributed by atoms with Crippen LogP contribution in [0.1, 0.15) is 5.56 Å². The first-order valence-electron chi connectivity index (χ1n) is 7.04. The van der Waals surface area contributed by atoms with E-state index in [2.05, 4.69) is 46.5 Å². The average Bonchev–Trinajstić information content (AvgIpc) is 2.63. The smallest absolute Gasteiger partial charge is 0.0346 e. The Labute approximate surface area is 114 Å². The molecule has 0 saturated carbocycles. The minimum Gasteiger partial charge on any atom is -0.315 e. The highest BCUT2D eigenvalue weighted by molar-refractivity contribution is 5.84. The topological polar surface area (TPSA) is 28.2 Å². The molecule has 2 aromatic rings. The van der Waals surface area contributed by atoms with E-state index in [0.29, 0.717) is 5.92 Å². The van der Waals surface area contributed by atoms with Crippen molar-refractivity contribution in [3.63, 3.8) is 0 Å². The molecule has 0 bridgehead atoms. The maximum atomic E-state index is 4.39. The number of hydrogen-bond donors (Lipinski definition) is 1. The third kappa shape index (κ3) is 2.94. The lowest BCUT2D eigenvalue weighted by Crippen LogP contribution is -2.27. The Balaban J connectivity index is 1.84. The highest BCUT2D eigenvalue weighted by Gasteiger charge is 2.16. The van der Waals surface area contributed by atoms with E-state index in [9.17, 15) is 0 Å². The molecule has 1 unspecified atom stereocenters. The zero-order valence-electron chi connectivity index (χ0n) is 11.5. The molecule has 1 saturated heterocycles. The average molecular weight is 255 g/mol. The van der Waals surface area contributed by atoms with E-state index in [-0.39, 0.29) is 0 Å². The van der Waals surface area contributed by atoms with E-state index < -0.39 is 0 Å². The largest absolute Gasteiger partial charge is 0.315 e. The first-order valence-corrected chi connectivity index (χ1v) is 7.04. The monoisotopic (exact) mass is 255 g/mol. The quantitative estimate of drug-likeness (QED) is 0.889. The molecule has 2 heterocycles. The molecule has 3 nitrogen and oxygen atoms in total. The lowest BCUT2D eigenvalue weighted by molar-refractivity contribution is 0.309. The lowest BCUT2D eigenvalue weighted by atomic mass is 9.96. The van der Waals surface area contributed by atoms with Crippen molar-refractivity contribution in [2.75, 3.05) is 33.2 Å². The van der Waals surface area contributed by atoms with Gasteiger partial charge in [-0.15, -0.1) is 0 Å². The van der Waals surface area contributed by atoms with Crippen LogP contribution in [-0.4, -0.2) is 43.1 Å². The molecule has 1 atom stereocenters. The second-order valence-electron chi connectivity index (χ2n) is 5.56. The second kappa shape index (κ2) is 5.68. The van der Waals surface area contributed by atoms with E-state index in [1.54, 1.807) is 0 Å². The maximum Gasteiger partial charge on any atom is 0.0346 e. The van der Waals surface area contributed by atoms with Gasteiger partial charge in [-0.25, -0.2) is 0 Å². The summed E-state index contributed by atoms with van der Waals surface area (Å²) in [6, 6.07) is 8.54. The van der Waals surface area contributed by atoms with Crippen molar-refractivity contribution in [2.24, 2.45) is 5.92 Å². The maximum absolute atomic E-state index is 4.39. The summed E-state index contributed by atoms with van der Waals surface area (Å²) in [4.78, 5) is 6.81. The molecule has 1 fully saturated rings. The van der Waals surface area contributed by atoms with Gasteiger partial charge in [0.15, 0.2) is 0 Å². The molecule has 1 N–H and O–H groups in total. The van der Waals surface area contributed by atoms with Gasteiger partial charge >= 0.3 is 0 Å². The second-order valence-corrected chi connectivity index (χ2v) is 5.56. The number of aromatic nitrogens is 1. The predicted molar refractivity (Wildman–Crippen MR) is 79.3 cm³/mol. The molecule has 1 aliphatic rings. The Morgan fingerprint density at radius 1 is 1.32 bits per heavy atom. The van der Waals surface area contributed by atoms with Crippen molar-refractivity contribution in [3.05, 3.63) is 42.2 Å². The lowest BCUT2D eigenvalue weighted by Gasteiger charge is -2.20. The van der Waals surface area contributed by atoms with Gasteiger partial charge in [0.05, 0.1) is 0 Å². The SMILES string of the molecule is CN1CCNCC(Cc2cncc3ccccc23)C1. The fourth-order valence-electron chi connectivity index (χ4n) is 2.96. The molecule has 0 amide bonds. The minimum absolute atomic E-state index is 0.667. The molecule has 3 heteroatoms. The van der Waals surface area contributed by atoms with Crippen LogP contribution in [-0.2, 0) is 6.42 Å². The van der Waals surface area contributed by atoms with Crippen LogP contribution in [0.15, 0.2) is 36.7 Å². The van der Waals surface area contributed by atoms with Crippen molar-refractivity contribution < 1.29 is 0 Å². The minimum atomic E-state index is 0.667. The number of nitrogens with zero attached hydrogens (tertiary/aromatic N) is 2. The van der Waals surface area contributed by atoms with E-state index in [1.165, 1.54) is 16.3 Å². The molecule has 1 aromatic heterocycles. The zero-order chi connectivity index (χ0) is 13.1. The Morgan fingerprint density at radius 2 is 2.21 bits per heavy atom. The van der Waals surface area contributed by atoms with Crippen LogP contribution in [0.2, 0.25) is 0 Å². The Hall–Kier alpha value is -1.45. The number of likely N-dealkylation sites (N-methyl/N-ethyl adjacent to an activating group) is 1. The van der Waals surface area contributed by atoms with E-state index in [4.69, 9.17) is 0 Å². The molecular formula is C16H21N3. The third-order valence-electron chi connectivity index (χ3n) is 3.93. The summed E-state index contributed by atoms with van der Waals surface area (Å²) in [5.41, 5.74) is 1.38. The van der Waals surface area contributed by atoms with Gasteiger partial charge in [0.25, 0.3) is 0 Å². The van der Waals surface area contributed by atoms with Gasteiger partial charge in [0, 0.05) is 37.4 Å². The van der Waals surface area contributed by atoms with Crippen molar-refractivity contribution >= 4 is 10.8 Å². The number of rotatable bonds is 2. The van der Waals surface area contributed by atoms with Crippen LogP contribution in [0.4, 0.5) is 0 Å². The molecule has 19 heavy (non-hydrogen) atoms. The summed E-state index contributed by atoms with van der Waals surface area (Å²) in [6.45, 7) is 4.51. The summed E-state index contributed by atoms with van der Waals surface area (Å²) < 4.78 is 0. The van der Waals surface area contributed by atoms with Gasteiger partial charge in [0.2, 0.25) is 0 Å². The Bertz CT molecular complexity index is 547. The number of nitrogens with one attached hydrogen (secondary N) is 1. The molecule has 0 spiro atoms. The van der Waals surface area contributed by atoms with Crippen LogP contribution in [0, 0.1) is 5.92 Å². The standard InChI is InChI=1S/C16H21N3/c1-19-7-6-17-9-13(12-19)8-15-11-18-10-14-4-2-3-5-16(14)15/h2-5,10-11,13,17H,6-9,12H2,1H3. The van der Waals surface area contributed by atoms with Gasteiger partial charge in [-0.05, 0) is 36.9 Å². The van der Waals surface area contributed by atoms with Gasteiger partial charge in [-0.1, -0.05) is 24.3 Å². The summed E-state index contributed by atoms with van der Waals surface area (Å²) in [6.07, 6.45) is 5.09. The normalized spacial score (nSPS) is 21.4.